The maximum atomic E-state index is 12.0. The van der Waals surface area contributed by atoms with Crippen molar-refractivity contribution in [1.29, 1.82) is 0 Å². The highest BCUT2D eigenvalue weighted by Gasteiger charge is 2.57. The minimum atomic E-state index is -1.90. The highest BCUT2D eigenvalue weighted by atomic mass is 16.8. The first-order valence-corrected chi connectivity index (χ1v) is 16.6. The van der Waals surface area contributed by atoms with Gasteiger partial charge in [0, 0.05) is 18.8 Å². The van der Waals surface area contributed by atoms with Crippen LogP contribution in [0.25, 0.3) is 0 Å². The normalized spacial score (nSPS) is 50.7. The second-order valence-corrected chi connectivity index (χ2v) is 13.9. The zero-order valence-corrected chi connectivity index (χ0v) is 26.7. The van der Waals surface area contributed by atoms with E-state index in [-0.39, 0.29) is 32.1 Å². The van der Waals surface area contributed by atoms with Crippen LogP contribution in [0.15, 0.2) is 0 Å². The zero-order chi connectivity index (χ0) is 35.9. The van der Waals surface area contributed by atoms with Crippen molar-refractivity contribution >= 4 is 11.9 Å². The largest absolute Gasteiger partial charge is 0.481 e. The lowest BCUT2D eigenvalue weighted by atomic mass is 9.72. The number of carboxylic acids is 1. The molecule has 0 radical (unpaired) electrons. The Morgan fingerprint density at radius 3 is 2.04 bits per heavy atom. The Labute approximate surface area is 280 Å². The summed E-state index contributed by atoms with van der Waals surface area (Å²) in [5.74, 6) is -3.72. The predicted molar refractivity (Wildman–Crippen MR) is 156 cm³/mol. The van der Waals surface area contributed by atoms with Crippen molar-refractivity contribution in [3.8, 4) is 0 Å². The van der Waals surface area contributed by atoms with Crippen molar-refractivity contribution in [1.82, 2.24) is 0 Å². The van der Waals surface area contributed by atoms with E-state index in [9.17, 15) is 60.7 Å². The summed E-state index contributed by atoms with van der Waals surface area (Å²) in [4.78, 5) is 22.9. The highest BCUT2D eigenvalue weighted by Crippen LogP contribution is 2.42. The molecule has 3 aliphatic heterocycles. The van der Waals surface area contributed by atoms with E-state index in [1.807, 2.05) is 0 Å². The molecule has 18 atom stereocenters. The molecule has 0 spiro atoms. The first kappa shape index (κ1) is 38.6. The van der Waals surface area contributed by atoms with Gasteiger partial charge in [-0.2, -0.15) is 0 Å². The van der Waals surface area contributed by atoms with E-state index in [1.165, 1.54) is 6.92 Å². The lowest BCUT2D eigenvalue weighted by Gasteiger charge is -2.50. The van der Waals surface area contributed by atoms with E-state index in [0.29, 0.717) is 0 Å². The molecule has 0 aromatic rings. The van der Waals surface area contributed by atoms with Crippen LogP contribution in [0.4, 0.5) is 0 Å². The summed E-state index contributed by atoms with van der Waals surface area (Å²) in [7, 11) is 0. The third-order valence-electron chi connectivity index (χ3n) is 10.4. The zero-order valence-electron chi connectivity index (χ0n) is 26.7. The molecule has 5 fully saturated rings. The number of aliphatic hydroxyl groups is 12. The highest BCUT2D eigenvalue weighted by molar-refractivity contribution is 5.90. The minimum absolute atomic E-state index is 0.00387. The third kappa shape index (κ3) is 8.53. The molecule has 0 amide bonds. The summed E-state index contributed by atoms with van der Waals surface area (Å²) in [6.07, 6.45) is -25.1. The van der Waals surface area contributed by atoms with Gasteiger partial charge in [0.25, 0.3) is 0 Å². The Balaban J connectivity index is 1.43. The van der Waals surface area contributed by atoms with E-state index in [1.54, 1.807) is 0 Å². The maximum absolute atomic E-state index is 12.0. The van der Waals surface area contributed by atoms with E-state index >= 15 is 0 Å². The fourth-order valence-corrected chi connectivity index (χ4v) is 7.66. The molecule has 3 saturated heterocycles. The Kier molecular flexibility index (Phi) is 12.5. The number of aliphatic carboxylic acids is 1. The van der Waals surface area contributed by atoms with Crippen molar-refractivity contribution in [3.63, 3.8) is 0 Å². The van der Waals surface area contributed by atoms with Crippen LogP contribution in [0.2, 0.25) is 0 Å². The van der Waals surface area contributed by atoms with Gasteiger partial charge in [-0.05, 0) is 26.2 Å². The molecule has 19 nitrogen and oxygen atoms in total. The average Bonchev–Trinajstić information content (AvgIpc) is 3.03. The van der Waals surface area contributed by atoms with E-state index < -0.39 is 147 Å². The summed E-state index contributed by atoms with van der Waals surface area (Å²) in [6, 6.07) is 0. The second kappa shape index (κ2) is 15.9. The van der Waals surface area contributed by atoms with Gasteiger partial charge in [0.15, 0.2) is 24.8 Å². The molecule has 49 heavy (non-hydrogen) atoms. The van der Waals surface area contributed by atoms with Gasteiger partial charge in [-0.15, -0.1) is 0 Å². The molecule has 3 heterocycles. The van der Waals surface area contributed by atoms with Crippen LogP contribution in [0.5, 0.6) is 0 Å². The topological polar surface area (TPSA) is 316 Å². The number of carbonyl (C=O) groups excluding carboxylic acids is 1. The molecule has 18 unspecified atom stereocenters. The Morgan fingerprint density at radius 2 is 1.39 bits per heavy atom. The van der Waals surface area contributed by atoms with Crippen LogP contribution in [0, 0.1) is 11.8 Å². The van der Waals surface area contributed by atoms with Crippen LogP contribution in [0.3, 0.4) is 0 Å². The fraction of sp³-hybridized carbons (Fsp3) is 0.933. The monoisotopic (exact) mass is 713 g/mol. The van der Waals surface area contributed by atoms with Crippen molar-refractivity contribution in [2.24, 2.45) is 11.8 Å². The quantitative estimate of drug-likeness (QED) is 0.0602. The number of carbonyl (C=O) groups is 2. The van der Waals surface area contributed by atoms with Crippen molar-refractivity contribution < 1.29 is 94.2 Å². The summed E-state index contributed by atoms with van der Waals surface area (Å²) in [6.45, 7) is 0.676. The molecule has 12 N–H and O–H groups in total. The molecule has 2 saturated carbocycles. The number of aliphatic hydroxyl groups excluding tert-OH is 10. The SMILES string of the molecule is CC1OC(OC2C(OC3CC4C(O)CC(O)CC4[OH+]C3C3CC(O)C(O)C(O)C3)OC(COC(=O)CC(=O)O)C(O)C2O)C(O)C(O)C1O. The van der Waals surface area contributed by atoms with Gasteiger partial charge in [-0.3, -0.25) is 9.59 Å². The van der Waals surface area contributed by atoms with Gasteiger partial charge >= 0.3 is 11.9 Å². The van der Waals surface area contributed by atoms with E-state index in [4.69, 9.17) is 33.5 Å². The number of hydrogen-bond acceptors (Lipinski definition) is 17. The standard InChI is InChI=1S/C30H48O19/c1-9-21(38)24(41)26(43)29(45-9)49-28-25(42)23(40)18(8-44-20(37)7-19(35)36)48-30(28)47-17-6-12-13(32)4-11(31)5-16(12)46-27(17)10-2-14(33)22(39)15(34)3-10/h9-18,21-34,38-43H,2-8H2,1H3,(H,35,36)/p+1. The second-order valence-electron chi connectivity index (χ2n) is 13.9. The van der Waals surface area contributed by atoms with Crippen LogP contribution < -0.4 is 0 Å². The van der Waals surface area contributed by atoms with Gasteiger partial charge in [0.2, 0.25) is 0 Å². The van der Waals surface area contributed by atoms with Crippen molar-refractivity contribution in [3.05, 3.63) is 0 Å². The smallest absolute Gasteiger partial charge is 0.317 e. The van der Waals surface area contributed by atoms with Gasteiger partial charge < -0.3 is 84.6 Å². The number of ether oxygens (including phenoxy) is 6. The number of fused-ring (bicyclic) bond motifs is 1. The maximum Gasteiger partial charge on any atom is 0.317 e. The van der Waals surface area contributed by atoms with Crippen molar-refractivity contribution in [2.45, 2.75) is 156 Å². The minimum Gasteiger partial charge on any atom is -0.481 e. The first-order valence-electron chi connectivity index (χ1n) is 16.6. The molecule has 282 valence electrons. The van der Waals surface area contributed by atoms with E-state index in [0.717, 1.165) is 0 Å². The number of esters is 1. The van der Waals surface area contributed by atoms with Gasteiger partial charge in [-0.1, -0.05) is 0 Å². The lowest BCUT2D eigenvalue weighted by molar-refractivity contribution is -0.386. The fourth-order valence-electron chi connectivity index (χ4n) is 7.66. The van der Waals surface area contributed by atoms with Crippen molar-refractivity contribution in [2.75, 3.05) is 6.61 Å². The lowest BCUT2D eigenvalue weighted by Crippen LogP contribution is -2.66. The summed E-state index contributed by atoms with van der Waals surface area (Å²) < 4.78 is 33.6. The van der Waals surface area contributed by atoms with E-state index in [2.05, 4.69) is 0 Å². The molecule has 19 heteroatoms. The Bertz CT molecular complexity index is 1120. The van der Waals surface area contributed by atoms with Gasteiger partial charge in [-0.25, -0.2) is 0 Å². The summed E-state index contributed by atoms with van der Waals surface area (Å²) in [5.41, 5.74) is 0. The Morgan fingerprint density at radius 1 is 0.714 bits per heavy atom. The average molecular weight is 714 g/mol. The van der Waals surface area contributed by atoms with Gasteiger partial charge in [0.05, 0.1) is 36.4 Å². The summed E-state index contributed by atoms with van der Waals surface area (Å²) >= 11 is 0. The summed E-state index contributed by atoms with van der Waals surface area (Å²) in [5, 5.41) is 115. The molecule has 0 aromatic heterocycles. The molecule has 2 aliphatic carbocycles. The van der Waals surface area contributed by atoms with Crippen LogP contribution in [0.1, 0.15) is 45.4 Å². The molecule has 0 bridgehead atoms. The molecule has 5 rings (SSSR count). The first-order chi connectivity index (χ1) is 23.0. The number of hydrogen-bond donors (Lipinski definition) is 11. The van der Waals surface area contributed by atoms with Crippen LogP contribution >= 0.6 is 0 Å². The van der Waals surface area contributed by atoms with Gasteiger partial charge in [0.1, 0.15) is 68.0 Å². The third-order valence-corrected chi connectivity index (χ3v) is 10.4. The molecule has 0 aromatic carbocycles. The predicted octanol–water partition coefficient (Wildman–Crippen LogP) is -5.66. The van der Waals surface area contributed by atoms with Crippen LogP contribution in [-0.4, -0.2) is 190 Å². The Hall–Kier alpha value is -1.66. The number of rotatable bonds is 9. The number of carboxylic acid groups (broad SMARTS) is 1. The molecule has 5 aliphatic rings. The molecular formula is C30H49O19+. The van der Waals surface area contributed by atoms with Crippen LogP contribution in [-0.2, 0) is 33.3 Å². The molecular weight excluding hydrogens is 664 g/mol.